The number of hydrogen-bond acceptors (Lipinski definition) is 3. The van der Waals surface area contributed by atoms with Crippen LogP contribution in [0.5, 0.6) is 0 Å². The number of ether oxygens (including phenoxy) is 1. The molecule has 2 rings (SSSR count). The first-order valence-corrected chi connectivity index (χ1v) is 6.93. The number of rotatable bonds is 4. The van der Waals surface area contributed by atoms with Crippen molar-refractivity contribution in [2.24, 2.45) is 0 Å². The van der Waals surface area contributed by atoms with Gasteiger partial charge in [-0.25, -0.2) is 4.79 Å². The Hall–Kier alpha value is -2.62. The van der Waals surface area contributed by atoms with E-state index in [2.05, 4.69) is 0 Å². The van der Waals surface area contributed by atoms with E-state index in [4.69, 9.17) is 9.84 Å². The second-order valence-electron chi connectivity index (χ2n) is 5.25. The molecule has 0 aliphatic carbocycles. The van der Waals surface area contributed by atoms with Crippen molar-refractivity contribution >= 4 is 11.9 Å². The summed E-state index contributed by atoms with van der Waals surface area (Å²) in [6.07, 6.45) is -0.0580. The van der Waals surface area contributed by atoms with Gasteiger partial charge in [0, 0.05) is 0 Å². The van der Waals surface area contributed by atoms with Crippen LogP contribution in [0, 0.1) is 13.8 Å². The van der Waals surface area contributed by atoms with Gasteiger partial charge in [0.05, 0.1) is 19.1 Å². The highest BCUT2D eigenvalue weighted by Crippen LogP contribution is 2.29. The van der Waals surface area contributed by atoms with E-state index in [1.54, 1.807) is 12.1 Å². The third-order valence-electron chi connectivity index (χ3n) is 3.56. The number of carboxylic acid groups (broad SMARTS) is 1. The predicted octanol–water partition coefficient (Wildman–Crippen LogP) is 3.38. The van der Waals surface area contributed by atoms with Crippen LogP contribution in [-0.2, 0) is 16.0 Å². The molecule has 22 heavy (non-hydrogen) atoms. The molecule has 0 aliphatic rings. The van der Waals surface area contributed by atoms with Gasteiger partial charge in [-0.05, 0) is 48.2 Å². The van der Waals surface area contributed by atoms with Gasteiger partial charge in [0.1, 0.15) is 0 Å². The highest BCUT2D eigenvalue weighted by atomic mass is 16.5. The highest BCUT2D eigenvalue weighted by Gasteiger charge is 2.14. The normalized spacial score (nSPS) is 10.3. The number of esters is 1. The second-order valence-corrected chi connectivity index (χ2v) is 5.25. The van der Waals surface area contributed by atoms with E-state index in [1.807, 2.05) is 38.1 Å². The van der Waals surface area contributed by atoms with Gasteiger partial charge in [-0.15, -0.1) is 0 Å². The Balaban J connectivity index is 2.62. The standard InChI is InChI=1S/C18H18O4/c1-11-4-6-13(10-17(19)20)16(8-11)15-9-14(18(21)22-3)7-5-12(15)2/h4-9H,10H2,1-3H3,(H,19,20). The third kappa shape index (κ3) is 3.34. The SMILES string of the molecule is COC(=O)c1ccc(C)c(-c2cc(C)ccc2CC(=O)O)c1. The predicted molar refractivity (Wildman–Crippen MR) is 84.0 cm³/mol. The Labute approximate surface area is 129 Å². The lowest BCUT2D eigenvalue weighted by atomic mass is 9.92. The van der Waals surface area contributed by atoms with Gasteiger partial charge in [0.15, 0.2) is 0 Å². The van der Waals surface area contributed by atoms with E-state index < -0.39 is 11.9 Å². The first kappa shape index (κ1) is 15.8. The highest BCUT2D eigenvalue weighted by molar-refractivity contribution is 5.92. The van der Waals surface area contributed by atoms with Crippen molar-refractivity contribution in [3.63, 3.8) is 0 Å². The molecule has 1 N–H and O–H groups in total. The van der Waals surface area contributed by atoms with E-state index in [0.29, 0.717) is 5.56 Å². The quantitative estimate of drug-likeness (QED) is 0.879. The number of methoxy groups -OCH3 is 1. The van der Waals surface area contributed by atoms with Gasteiger partial charge >= 0.3 is 11.9 Å². The molecule has 0 bridgehead atoms. The van der Waals surface area contributed by atoms with Crippen molar-refractivity contribution in [2.45, 2.75) is 20.3 Å². The lowest BCUT2D eigenvalue weighted by Crippen LogP contribution is -2.04. The molecule has 0 spiro atoms. The molecule has 0 atom stereocenters. The first-order valence-electron chi connectivity index (χ1n) is 6.93. The Morgan fingerprint density at radius 3 is 2.41 bits per heavy atom. The van der Waals surface area contributed by atoms with E-state index >= 15 is 0 Å². The van der Waals surface area contributed by atoms with Crippen LogP contribution in [0.1, 0.15) is 27.0 Å². The number of hydrogen-bond donors (Lipinski definition) is 1. The summed E-state index contributed by atoms with van der Waals surface area (Å²) >= 11 is 0. The van der Waals surface area contributed by atoms with Gasteiger partial charge in [0.25, 0.3) is 0 Å². The summed E-state index contributed by atoms with van der Waals surface area (Å²) < 4.78 is 4.75. The number of aliphatic carboxylic acids is 1. The molecule has 2 aromatic carbocycles. The monoisotopic (exact) mass is 298 g/mol. The third-order valence-corrected chi connectivity index (χ3v) is 3.56. The maximum absolute atomic E-state index is 11.7. The molecule has 2 aromatic rings. The minimum atomic E-state index is -0.883. The second kappa shape index (κ2) is 6.43. The largest absolute Gasteiger partial charge is 0.481 e. The molecule has 0 aliphatic heterocycles. The molecule has 0 aromatic heterocycles. The summed E-state index contributed by atoms with van der Waals surface area (Å²) in [5.41, 5.74) is 4.87. The van der Waals surface area contributed by atoms with E-state index in [-0.39, 0.29) is 6.42 Å². The zero-order valence-electron chi connectivity index (χ0n) is 12.8. The van der Waals surface area contributed by atoms with E-state index in [9.17, 15) is 9.59 Å². The molecule has 0 unspecified atom stereocenters. The van der Waals surface area contributed by atoms with Gasteiger partial charge in [-0.2, -0.15) is 0 Å². The summed E-state index contributed by atoms with van der Waals surface area (Å²) in [6.45, 7) is 3.89. The summed E-state index contributed by atoms with van der Waals surface area (Å²) in [4.78, 5) is 22.8. The minimum absolute atomic E-state index is 0.0580. The minimum Gasteiger partial charge on any atom is -0.481 e. The van der Waals surface area contributed by atoms with Crippen LogP contribution in [0.2, 0.25) is 0 Å². The zero-order valence-corrected chi connectivity index (χ0v) is 12.8. The summed E-state index contributed by atoms with van der Waals surface area (Å²) in [6, 6.07) is 11.0. The number of aryl methyl sites for hydroxylation is 2. The summed E-state index contributed by atoms with van der Waals surface area (Å²) in [5, 5.41) is 9.08. The summed E-state index contributed by atoms with van der Waals surface area (Å²) in [7, 11) is 1.34. The van der Waals surface area contributed by atoms with Crippen molar-refractivity contribution in [3.8, 4) is 11.1 Å². The van der Waals surface area contributed by atoms with Gasteiger partial charge in [0.2, 0.25) is 0 Å². The fourth-order valence-electron chi connectivity index (χ4n) is 2.42. The molecule has 0 saturated heterocycles. The van der Waals surface area contributed by atoms with E-state index in [1.165, 1.54) is 7.11 Å². The maximum Gasteiger partial charge on any atom is 0.337 e. The molecule has 4 nitrogen and oxygen atoms in total. The molecule has 4 heteroatoms. The van der Waals surface area contributed by atoms with Crippen LogP contribution in [0.4, 0.5) is 0 Å². The maximum atomic E-state index is 11.7. The van der Waals surface area contributed by atoms with Crippen LogP contribution >= 0.6 is 0 Å². The molecular weight excluding hydrogens is 280 g/mol. The fraction of sp³-hybridized carbons (Fsp3) is 0.222. The van der Waals surface area contributed by atoms with Crippen LogP contribution in [0.15, 0.2) is 36.4 Å². The lowest BCUT2D eigenvalue weighted by molar-refractivity contribution is -0.136. The van der Waals surface area contributed by atoms with E-state index in [0.717, 1.165) is 27.8 Å². The molecule has 0 radical (unpaired) electrons. The van der Waals surface area contributed by atoms with Gasteiger partial charge in [-0.1, -0.05) is 29.8 Å². The van der Waals surface area contributed by atoms with Crippen molar-refractivity contribution in [2.75, 3.05) is 7.11 Å². The molecule has 0 heterocycles. The Morgan fingerprint density at radius 2 is 1.77 bits per heavy atom. The smallest absolute Gasteiger partial charge is 0.337 e. The van der Waals surface area contributed by atoms with Crippen LogP contribution in [-0.4, -0.2) is 24.2 Å². The Morgan fingerprint density at radius 1 is 1.05 bits per heavy atom. The lowest BCUT2D eigenvalue weighted by Gasteiger charge is -2.13. The average Bonchev–Trinajstić information content (AvgIpc) is 2.48. The molecule has 0 fully saturated rings. The average molecular weight is 298 g/mol. The van der Waals surface area contributed by atoms with Crippen molar-refractivity contribution < 1.29 is 19.4 Å². The number of carboxylic acids is 1. The summed E-state index contributed by atoms with van der Waals surface area (Å²) in [5.74, 6) is -1.29. The van der Waals surface area contributed by atoms with Gasteiger partial charge in [-0.3, -0.25) is 4.79 Å². The van der Waals surface area contributed by atoms with Crippen molar-refractivity contribution in [1.82, 2.24) is 0 Å². The number of carbonyl (C=O) groups excluding carboxylic acids is 1. The zero-order chi connectivity index (χ0) is 16.3. The van der Waals surface area contributed by atoms with Crippen molar-refractivity contribution in [3.05, 3.63) is 58.7 Å². The first-order chi connectivity index (χ1) is 10.4. The number of benzene rings is 2. The molecule has 0 amide bonds. The number of carbonyl (C=O) groups is 2. The fourth-order valence-corrected chi connectivity index (χ4v) is 2.42. The topological polar surface area (TPSA) is 63.6 Å². The van der Waals surface area contributed by atoms with Gasteiger partial charge < -0.3 is 9.84 Å². The van der Waals surface area contributed by atoms with Crippen molar-refractivity contribution in [1.29, 1.82) is 0 Å². The van der Waals surface area contributed by atoms with Crippen LogP contribution in [0.25, 0.3) is 11.1 Å². The molecule has 0 saturated carbocycles. The molecular formula is C18H18O4. The Kier molecular flexibility index (Phi) is 4.61. The van der Waals surface area contributed by atoms with Crippen LogP contribution in [0.3, 0.4) is 0 Å². The van der Waals surface area contributed by atoms with Crippen LogP contribution < -0.4 is 0 Å². The molecule has 114 valence electrons. The Bertz CT molecular complexity index is 732.